The van der Waals surface area contributed by atoms with Crippen LogP contribution in [0.15, 0.2) is 54.7 Å². The molecule has 1 aliphatic heterocycles. The van der Waals surface area contributed by atoms with Crippen LogP contribution in [-0.2, 0) is 6.42 Å². The van der Waals surface area contributed by atoms with Gasteiger partial charge in [-0.1, -0.05) is 35.9 Å². The lowest BCUT2D eigenvalue weighted by Gasteiger charge is -2.35. The van der Waals surface area contributed by atoms with Gasteiger partial charge in [-0.05, 0) is 47.9 Å². The molecule has 35 heavy (non-hydrogen) atoms. The van der Waals surface area contributed by atoms with E-state index in [1.165, 1.54) is 7.11 Å². The average Bonchev–Trinajstić information content (AvgIpc) is 2.86. The molecule has 0 unspecified atom stereocenters. The molecule has 1 fully saturated rings. The average molecular weight is 519 g/mol. The number of anilines is 1. The highest BCUT2D eigenvalue weighted by Crippen LogP contribution is 2.36. The Hall–Kier alpha value is -3.03. The molecule has 0 bridgehead atoms. The highest BCUT2D eigenvalue weighted by molar-refractivity contribution is 6.30. The first-order chi connectivity index (χ1) is 16.5. The number of hydrogen-bond donors (Lipinski definition) is 1. The second kappa shape index (κ2) is 12.1. The fourth-order valence-corrected chi connectivity index (χ4v) is 4.34. The molecule has 4 rings (SSSR count). The van der Waals surface area contributed by atoms with Gasteiger partial charge in [0.25, 0.3) is 0 Å². The monoisotopic (exact) mass is 518 g/mol. The quantitative estimate of drug-likeness (QED) is 0.473. The molecule has 2 amide bonds. The first-order valence-corrected chi connectivity index (χ1v) is 11.7. The van der Waals surface area contributed by atoms with Crippen LogP contribution in [0, 0.1) is 5.82 Å². The van der Waals surface area contributed by atoms with Crippen molar-refractivity contribution in [3.05, 3.63) is 76.7 Å². The maximum atomic E-state index is 15.6. The largest absolute Gasteiger partial charge is 0.496 e. The van der Waals surface area contributed by atoms with Crippen molar-refractivity contribution in [1.82, 2.24) is 15.2 Å². The van der Waals surface area contributed by atoms with E-state index in [2.05, 4.69) is 15.2 Å². The SMILES string of the molecule is CCNC(=O)N1CCN(c2ccc(Cc3ccc(OC)c(-c4cccc(Cl)c4)c3F)cn2)CC1.Cl. The molecular formula is C26H29Cl2FN4O2. The van der Waals surface area contributed by atoms with Gasteiger partial charge in [0.15, 0.2) is 0 Å². The summed E-state index contributed by atoms with van der Waals surface area (Å²) < 4.78 is 21.0. The van der Waals surface area contributed by atoms with Gasteiger partial charge in [0, 0.05) is 50.4 Å². The second-order valence-corrected chi connectivity index (χ2v) is 8.57. The van der Waals surface area contributed by atoms with Gasteiger partial charge in [0.2, 0.25) is 0 Å². The van der Waals surface area contributed by atoms with Gasteiger partial charge in [0.1, 0.15) is 17.4 Å². The lowest BCUT2D eigenvalue weighted by atomic mass is 9.97. The number of aromatic nitrogens is 1. The van der Waals surface area contributed by atoms with E-state index >= 15 is 4.39 Å². The summed E-state index contributed by atoms with van der Waals surface area (Å²) in [5.74, 6) is 0.991. The van der Waals surface area contributed by atoms with Crippen molar-refractivity contribution in [2.24, 2.45) is 0 Å². The number of urea groups is 1. The fourth-order valence-electron chi connectivity index (χ4n) is 4.15. The minimum atomic E-state index is -0.327. The number of piperazine rings is 1. The van der Waals surface area contributed by atoms with Gasteiger partial charge in [0.05, 0.1) is 12.7 Å². The van der Waals surface area contributed by atoms with Gasteiger partial charge in [-0.15, -0.1) is 12.4 Å². The number of nitrogens with one attached hydrogen (secondary N) is 1. The van der Waals surface area contributed by atoms with Crippen molar-refractivity contribution >= 4 is 35.9 Å². The van der Waals surface area contributed by atoms with E-state index in [4.69, 9.17) is 16.3 Å². The first kappa shape index (κ1) is 26.6. The zero-order valence-corrected chi connectivity index (χ0v) is 21.3. The molecule has 0 aliphatic carbocycles. The van der Waals surface area contributed by atoms with Crippen molar-refractivity contribution in [2.45, 2.75) is 13.3 Å². The first-order valence-electron chi connectivity index (χ1n) is 11.3. The molecule has 9 heteroatoms. The molecule has 1 N–H and O–H groups in total. The maximum absolute atomic E-state index is 15.6. The van der Waals surface area contributed by atoms with Crippen molar-refractivity contribution in [3.63, 3.8) is 0 Å². The summed E-state index contributed by atoms with van der Waals surface area (Å²) in [6, 6.07) is 14.5. The van der Waals surface area contributed by atoms with Gasteiger partial charge >= 0.3 is 6.03 Å². The molecule has 1 aromatic heterocycles. The summed E-state index contributed by atoms with van der Waals surface area (Å²) in [6.45, 7) is 5.28. The summed E-state index contributed by atoms with van der Waals surface area (Å²) in [4.78, 5) is 20.6. The number of carbonyl (C=O) groups excluding carboxylic acids is 1. The Labute approximate surface area is 216 Å². The van der Waals surface area contributed by atoms with Crippen molar-refractivity contribution in [3.8, 4) is 16.9 Å². The molecule has 2 heterocycles. The molecule has 0 spiro atoms. The lowest BCUT2D eigenvalue weighted by molar-refractivity contribution is 0.195. The number of methoxy groups -OCH3 is 1. The van der Waals surface area contributed by atoms with Crippen LogP contribution in [0.2, 0.25) is 5.02 Å². The fraction of sp³-hybridized carbons (Fsp3) is 0.308. The van der Waals surface area contributed by atoms with E-state index in [1.54, 1.807) is 36.5 Å². The second-order valence-electron chi connectivity index (χ2n) is 8.14. The van der Waals surface area contributed by atoms with E-state index in [-0.39, 0.29) is 24.3 Å². The minimum absolute atomic E-state index is 0. The molecule has 0 atom stereocenters. The number of carbonyl (C=O) groups is 1. The Bertz CT molecular complexity index is 1150. The smallest absolute Gasteiger partial charge is 0.317 e. The van der Waals surface area contributed by atoms with E-state index in [0.717, 1.165) is 24.5 Å². The van der Waals surface area contributed by atoms with E-state index in [0.29, 0.717) is 53.5 Å². The molecule has 2 aromatic carbocycles. The lowest BCUT2D eigenvalue weighted by Crippen LogP contribution is -2.52. The predicted octanol–water partition coefficient (Wildman–Crippen LogP) is 5.41. The third-order valence-electron chi connectivity index (χ3n) is 5.94. The van der Waals surface area contributed by atoms with Gasteiger partial charge in [-0.2, -0.15) is 0 Å². The Kier molecular flexibility index (Phi) is 9.18. The molecular weight excluding hydrogens is 490 g/mol. The number of nitrogens with zero attached hydrogens (tertiary/aromatic N) is 3. The molecule has 186 valence electrons. The highest BCUT2D eigenvalue weighted by Gasteiger charge is 2.22. The number of rotatable bonds is 6. The summed E-state index contributed by atoms with van der Waals surface area (Å²) >= 11 is 6.13. The Balaban J connectivity index is 0.00000342. The number of amides is 2. The zero-order chi connectivity index (χ0) is 24.1. The number of benzene rings is 2. The zero-order valence-electron chi connectivity index (χ0n) is 19.8. The summed E-state index contributed by atoms with van der Waals surface area (Å²) in [6.07, 6.45) is 2.19. The normalized spacial score (nSPS) is 13.3. The van der Waals surface area contributed by atoms with Crippen LogP contribution in [0.3, 0.4) is 0 Å². The van der Waals surface area contributed by atoms with E-state index in [9.17, 15) is 4.79 Å². The summed E-state index contributed by atoms with van der Waals surface area (Å²) in [5, 5.41) is 3.37. The Morgan fingerprint density at radius 3 is 2.54 bits per heavy atom. The van der Waals surface area contributed by atoms with Crippen LogP contribution in [0.5, 0.6) is 5.75 Å². The number of pyridine rings is 1. The predicted molar refractivity (Wildman–Crippen MR) is 141 cm³/mol. The molecule has 3 aromatic rings. The number of halogens is 3. The van der Waals surface area contributed by atoms with Gasteiger partial charge in [-0.25, -0.2) is 14.2 Å². The van der Waals surface area contributed by atoms with Crippen LogP contribution in [0.1, 0.15) is 18.1 Å². The Morgan fingerprint density at radius 1 is 1.14 bits per heavy atom. The molecule has 1 saturated heterocycles. The molecule has 0 radical (unpaired) electrons. The number of hydrogen-bond acceptors (Lipinski definition) is 4. The van der Waals surface area contributed by atoms with Crippen LogP contribution >= 0.6 is 24.0 Å². The standard InChI is InChI=1S/C26H28ClFN4O2.ClH/c1-3-29-26(33)32-13-11-31(12-14-32)23-10-7-18(17-30-23)15-20-8-9-22(34-2)24(25(20)28)19-5-4-6-21(27)16-19;/h4-10,16-17H,3,11-15H2,1-2H3,(H,29,33);1H. The van der Waals surface area contributed by atoms with Gasteiger partial charge in [-0.3, -0.25) is 0 Å². The van der Waals surface area contributed by atoms with Crippen LogP contribution in [0.4, 0.5) is 15.0 Å². The molecule has 0 saturated carbocycles. The van der Waals surface area contributed by atoms with Crippen LogP contribution in [0.25, 0.3) is 11.1 Å². The third-order valence-corrected chi connectivity index (χ3v) is 6.17. The topological polar surface area (TPSA) is 57.7 Å². The van der Waals surface area contributed by atoms with E-state index < -0.39 is 0 Å². The van der Waals surface area contributed by atoms with Crippen molar-refractivity contribution < 1.29 is 13.9 Å². The minimum Gasteiger partial charge on any atom is -0.496 e. The van der Waals surface area contributed by atoms with Crippen LogP contribution < -0.4 is 15.0 Å². The van der Waals surface area contributed by atoms with Crippen molar-refractivity contribution in [1.29, 1.82) is 0 Å². The summed E-state index contributed by atoms with van der Waals surface area (Å²) in [5.41, 5.74) is 2.53. The summed E-state index contributed by atoms with van der Waals surface area (Å²) in [7, 11) is 1.53. The van der Waals surface area contributed by atoms with E-state index in [1.807, 2.05) is 30.0 Å². The number of ether oxygens (including phenoxy) is 1. The molecule has 1 aliphatic rings. The molecule has 6 nitrogen and oxygen atoms in total. The third kappa shape index (κ3) is 6.16. The van der Waals surface area contributed by atoms with Crippen LogP contribution in [-0.4, -0.2) is 55.7 Å². The van der Waals surface area contributed by atoms with Crippen molar-refractivity contribution in [2.75, 3.05) is 44.7 Å². The van der Waals surface area contributed by atoms with Gasteiger partial charge < -0.3 is 19.9 Å². The Morgan fingerprint density at radius 2 is 1.91 bits per heavy atom. The highest BCUT2D eigenvalue weighted by atomic mass is 35.5. The maximum Gasteiger partial charge on any atom is 0.317 e.